The van der Waals surface area contributed by atoms with Crippen LogP contribution in [0, 0.1) is 5.92 Å². The molecule has 8 heteroatoms. The Labute approximate surface area is 263 Å². The Bertz CT molecular complexity index is 1630. The Kier molecular flexibility index (Phi) is 9.82. The number of β-lactam (4-membered cyclic amide) rings is 1. The zero-order chi connectivity index (χ0) is 32.0. The lowest BCUT2D eigenvalue weighted by atomic mass is 9.79. The molecule has 1 heterocycles. The zero-order valence-corrected chi connectivity index (χ0v) is 26.2. The van der Waals surface area contributed by atoms with Crippen LogP contribution in [0.5, 0.6) is 5.75 Å². The van der Waals surface area contributed by atoms with Crippen LogP contribution in [0.2, 0.25) is 0 Å². The van der Waals surface area contributed by atoms with E-state index in [1.165, 1.54) is 25.0 Å². The molecule has 0 unspecified atom stereocenters. The maximum atomic E-state index is 14.5. The number of esters is 1. The normalized spacial score (nSPS) is 16.7. The number of nitrogens with zero attached hydrogens (tertiary/aromatic N) is 1. The van der Waals surface area contributed by atoms with Crippen LogP contribution in [-0.2, 0) is 14.3 Å². The molecule has 45 heavy (non-hydrogen) atoms. The van der Waals surface area contributed by atoms with Gasteiger partial charge >= 0.3 is 5.97 Å². The standard InChI is InChI=1S/C37H36NO6P/c1-4-23-44-37(42)36(38-32(34(26(2)39)35(38)41)25-33(40)27-15-14-16-28(24-27)43-3)45(29-17-8-5-9-18-29,30-19-10-6-11-20-30)31-21-12-7-13-22-31/h4-22,24,26,32,34,39H,1,23,25H2,2-3H3/t26-,32-,34-/m1/s1. The van der Waals surface area contributed by atoms with Gasteiger partial charge in [-0.3, -0.25) is 9.59 Å². The van der Waals surface area contributed by atoms with Gasteiger partial charge in [-0.15, -0.1) is 0 Å². The van der Waals surface area contributed by atoms with E-state index in [-0.39, 0.29) is 24.2 Å². The Balaban J connectivity index is 1.84. The first-order valence-corrected chi connectivity index (χ1v) is 16.5. The van der Waals surface area contributed by atoms with E-state index in [9.17, 15) is 19.5 Å². The van der Waals surface area contributed by atoms with E-state index in [1.807, 2.05) is 91.0 Å². The molecule has 7 nitrogen and oxygen atoms in total. The third-order valence-electron chi connectivity index (χ3n) is 8.07. The van der Waals surface area contributed by atoms with Crippen molar-refractivity contribution >= 4 is 45.9 Å². The molecule has 1 saturated heterocycles. The highest BCUT2D eigenvalue weighted by Crippen LogP contribution is 2.50. The van der Waals surface area contributed by atoms with Crippen LogP contribution in [-0.4, -0.2) is 58.9 Å². The SMILES string of the molecule is C=CCOC(=O)C(N1C(=O)[C@H]([C@@H](C)O)[C@H]1CC(=O)c1cccc(OC)c1)=P(c1ccccc1)(c1ccccc1)c1ccccc1. The minimum atomic E-state index is -3.14. The van der Waals surface area contributed by atoms with Crippen molar-refractivity contribution in [3.63, 3.8) is 0 Å². The molecule has 0 aromatic heterocycles. The first kappa shape index (κ1) is 31.7. The number of ether oxygens (including phenoxy) is 2. The number of amides is 1. The van der Waals surface area contributed by atoms with E-state index >= 15 is 0 Å². The fourth-order valence-electron chi connectivity index (χ4n) is 6.04. The fourth-order valence-corrected chi connectivity index (χ4v) is 10.4. The number of carbonyl (C=O) groups excluding carboxylic acids is 3. The van der Waals surface area contributed by atoms with Crippen molar-refractivity contribution in [2.45, 2.75) is 25.5 Å². The summed E-state index contributed by atoms with van der Waals surface area (Å²) in [7, 11) is 1.52. The first-order chi connectivity index (χ1) is 21.8. The van der Waals surface area contributed by atoms with Gasteiger partial charge in [-0.1, -0.05) is 116 Å². The average molecular weight is 622 g/mol. The molecule has 1 amide bonds. The number of hydrogen-bond donors (Lipinski definition) is 1. The van der Waals surface area contributed by atoms with Crippen molar-refractivity contribution in [3.8, 4) is 5.75 Å². The fraction of sp³-hybridized carbons (Fsp3) is 0.189. The lowest BCUT2D eigenvalue weighted by Gasteiger charge is -2.50. The third-order valence-corrected chi connectivity index (χ3v) is 12.3. The summed E-state index contributed by atoms with van der Waals surface area (Å²) in [5.74, 6) is -1.74. The summed E-state index contributed by atoms with van der Waals surface area (Å²) in [6.45, 7) is 2.03. The number of Topliss-reactive ketones (excluding diaryl/α,β-unsaturated/α-hetero) is 1. The van der Waals surface area contributed by atoms with Crippen molar-refractivity contribution in [1.29, 1.82) is 0 Å². The highest BCUT2D eigenvalue weighted by atomic mass is 31.2. The van der Waals surface area contributed by atoms with Gasteiger partial charge in [-0.2, -0.15) is 0 Å². The summed E-state index contributed by atoms with van der Waals surface area (Å²) >= 11 is 0. The van der Waals surface area contributed by atoms with Crippen LogP contribution >= 0.6 is 6.89 Å². The molecule has 5 rings (SSSR count). The van der Waals surface area contributed by atoms with Crippen LogP contribution in [0.25, 0.3) is 0 Å². The maximum absolute atomic E-state index is 14.5. The van der Waals surface area contributed by atoms with E-state index < -0.39 is 36.8 Å². The molecule has 1 N–H and O–H groups in total. The van der Waals surface area contributed by atoms with E-state index in [0.29, 0.717) is 11.3 Å². The number of aliphatic hydroxyl groups is 1. The monoisotopic (exact) mass is 621 g/mol. The second-order valence-electron chi connectivity index (χ2n) is 10.8. The molecular weight excluding hydrogens is 585 g/mol. The number of ketones is 1. The van der Waals surface area contributed by atoms with Gasteiger partial charge in [0.1, 0.15) is 17.8 Å². The molecule has 4 aromatic rings. The van der Waals surface area contributed by atoms with E-state index in [2.05, 4.69) is 6.58 Å². The predicted octanol–water partition coefficient (Wildman–Crippen LogP) is 4.33. The minimum absolute atomic E-state index is 0.0734. The largest absolute Gasteiger partial charge is 0.497 e. The van der Waals surface area contributed by atoms with Crippen LogP contribution in [0.4, 0.5) is 0 Å². The van der Waals surface area contributed by atoms with Gasteiger partial charge in [-0.05, 0) is 35.0 Å². The average Bonchev–Trinajstić information content (AvgIpc) is 3.08. The molecule has 0 aliphatic carbocycles. The summed E-state index contributed by atoms with van der Waals surface area (Å²) in [6.07, 6.45) is 0.300. The van der Waals surface area contributed by atoms with Gasteiger partial charge in [0.15, 0.2) is 5.78 Å². The van der Waals surface area contributed by atoms with Crippen LogP contribution < -0.4 is 20.7 Å². The summed E-state index contributed by atoms with van der Waals surface area (Å²) in [5, 5.41) is 13.3. The van der Waals surface area contributed by atoms with Gasteiger partial charge in [0.05, 0.1) is 25.2 Å². The van der Waals surface area contributed by atoms with Crippen molar-refractivity contribution in [2.24, 2.45) is 5.92 Å². The topological polar surface area (TPSA) is 93.1 Å². The number of hydrogen-bond acceptors (Lipinski definition) is 6. The molecule has 0 bridgehead atoms. The molecule has 230 valence electrons. The highest BCUT2D eigenvalue weighted by Gasteiger charge is 2.55. The van der Waals surface area contributed by atoms with Crippen molar-refractivity contribution in [2.75, 3.05) is 13.7 Å². The number of rotatable bonds is 12. The Morgan fingerprint density at radius 2 is 1.42 bits per heavy atom. The van der Waals surface area contributed by atoms with Crippen LogP contribution in [0.15, 0.2) is 128 Å². The van der Waals surface area contributed by atoms with Crippen LogP contribution in [0.1, 0.15) is 23.7 Å². The second kappa shape index (κ2) is 13.9. The molecule has 0 saturated carbocycles. The lowest BCUT2D eigenvalue weighted by molar-refractivity contribution is -0.157. The third kappa shape index (κ3) is 6.02. The Morgan fingerprint density at radius 1 is 0.889 bits per heavy atom. The smallest absolute Gasteiger partial charge is 0.356 e. The molecule has 4 aromatic carbocycles. The van der Waals surface area contributed by atoms with Gasteiger partial charge in [0.2, 0.25) is 5.91 Å². The summed E-state index contributed by atoms with van der Waals surface area (Å²) in [4.78, 5) is 43.9. The van der Waals surface area contributed by atoms with Crippen molar-refractivity contribution in [3.05, 3.63) is 133 Å². The number of benzene rings is 4. The second-order valence-corrected chi connectivity index (χ2v) is 14.1. The molecule has 1 fully saturated rings. The summed E-state index contributed by atoms with van der Waals surface area (Å²) in [5.41, 5.74) is 0.558. The van der Waals surface area contributed by atoms with Crippen molar-refractivity contribution in [1.82, 2.24) is 4.90 Å². The van der Waals surface area contributed by atoms with E-state index in [4.69, 9.17) is 9.47 Å². The molecule has 0 spiro atoms. The van der Waals surface area contributed by atoms with Gasteiger partial charge in [0, 0.05) is 18.9 Å². The zero-order valence-electron chi connectivity index (χ0n) is 25.3. The molecule has 0 radical (unpaired) electrons. The lowest BCUT2D eigenvalue weighted by Crippen LogP contribution is -2.68. The Morgan fingerprint density at radius 3 is 1.89 bits per heavy atom. The van der Waals surface area contributed by atoms with Gasteiger partial charge < -0.3 is 19.5 Å². The molecule has 1 aliphatic rings. The minimum Gasteiger partial charge on any atom is -0.497 e. The number of carbonyl (C=O) groups is 3. The summed E-state index contributed by atoms with van der Waals surface area (Å²) < 4.78 is 11.1. The molecule has 3 atom stereocenters. The molecular formula is C37H36NO6P. The summed E-state index contributed by atoms with van der Waals surface area (Å²) in [6, 6.07) is 34.9. The molecule has 1 aliphatic heterocycles. The van der Waals surface area contributed by atoms with Gasteiger partial charge in [0.25, 0.3) is 0 Å². The number of methoxy groups -OCH3 is 1. The first-order valence-electron chi connectivity index (χ1n) is 14.7. The quantitative estimate of drug-likeness (QED) is 0.0833. The highest BCUT2D eigenvalue weighted by molar-refractivity contribution is 7.96. The number of aliphatic hydroxyl groups excluding tert-OH is 1. The predicted molar refractivity (Wildman–Crippen MR) is 179 cm³/mol. The van der Waals surface area contributed by atoms with E-state index in [1.54, 1.807) is 24.3 Å². The van der Waals surface area contributed by atoms with Crippen LogP contribution in [0.3, 0.4) is 0 Å². The Hall–Kier alpha value is -4.71. The van der Waals surface area contributed by atoms with Crippen molar-refractivity contribution < 1.29 is 29.0 Å². The van der Waals surface area contributed by atoms with E-state index in [0.717, 1.165) is 15.9 Å². The maximum Gasteiger partial charge on any atom is 0.356 e. The van der Waals surface area contributed by atoms with Gasteiger partial charge in [-0.25, -0.2) is 4.79 Å². The number of likely N-dealkylation sites (tertiary alicyclic amines) is 1.